The van der Waals surface area contributed by atoms with Gasteiger partial charge in [-0.1, -0.05) is 18.7 Å². The van der Waals surface area contributed by atoms with E-state index in [-0.39, 0.29) is 5.91 Å². The van der Waals surface area contributed by atoms with Crippen LogP contribution in [0.15, 0.2) is 5.16 Å². The molecule has 1 aromatic rings. The molecule has 0 spiro atoms. The normalized spacial score (nSPS) is 25.0. The number of piperidine rings is 1. The van der Waals surface area contributed by atoms with Crippen molar-refractivity contribution < 1.29 is 14.4 Å². The lowest BCUT2D eigenvalue weighted by Gasteiger charge is -2.32. The zero-order chi connectivity index (χ0) is 16.9. The van der Waals surface area contributed by atoms with Crippen LogP contribution in [-0.2, 0) is 16.6 Å². The molecule has 7 nitrogen and oxygen atoms in total. The second-order valence-electron chi connectivity index (χ2n) is 6.55. The summed E-state index contributed by atoms with van der Waals surface area (Å²) in [4.78, 5) is 15.8. The van der Waals surface area contributed by atoms with E-state index in [1.54, 1.807) is 11.8 Å². The number of hydrogen-bond acceptors (Lipinski definition) is 5. The van der Waals surface area contributed by atoms with Crippen LogP contribution in [0.3, 0.4) is 0 Å². The minimum Gasteiger partial charge on any atom is -0.378 e. The highest BCUT2D eigenvalue weighted by molar-refractivity contribution is 7.99. The molecule has 0 aliphatic carbocycles. The topological polar surface area (TPSA) is 64.7 Å². The third-order valence-corrected chi connectivity index (χ3v) is 5.79. The number of quaternary nitrogens is 1. The fourth-order valence-electron chi connectivity index (χ4n) is 3.61. The van der Waals surface area contributed by atoms with Crippen molar-refractivity contribution in [2.24, 2.45) is 7.05 Å². The number of amides is 1. The number of nitrogens with one attached hydrogen (secondary N) is 1. The van der Waals surface area contributed by atoms with Crippen LogP contribution < -0.4 is 4.90 Å². The SMILES string of the molecule is CCSc1nnc([C@H]2CCC[NH+](CC(=O)N3CCOCC3)C2)n1C. The van der Waals surface area contributed by atoms with Crippen LogP contribution in [0.1, 0.15) is 31.5 Å². The molecule has 2 fully saturated rings. The average Bonchev–Trinajstić information content (AvgIpc) is 2.97. The van der Waals surface area contributed by atoms with Crippen molar-refractivity contribution in [3.63, 3.8) is 0 Å². The van der Waals surface area contributed by atoms with Crippen LogP contribution in [0, 0.1) is 0 Å². The van der Waals surface area contributed by atoms with Gasteiger partial charge in [0.2, 0.25) is 0 Å². The molecule has 2 atom stereocenters. The second kappa shape index (κ2) is 8.31. The number of carbonyl (C=O) groups is 1. The second-order valence-corrected chi connectivity index (χ2v) is 7.78. The van der Waals surface area contributed by atoms with E-state index < -0.39 is 0 Å². The minimum atomic E-state index is 0.258. The van der Waals surface area contributed by atoms with Gasteiger partial charge in [-0.05, 0) is 18.6 Å². The Kier molecular flexibility index (Phi) is 6.13. The maximum atomic E-state index is 12.5. The number of likely N-dealkylation sites (tertiary alicyclic amines) is 1. The largest absolute Gasteiger partial charge is 0.378 e. The first-order valence-corrected chi connectivity index (χ1v) is 9.88. The quantitative estimate of drug-likeness (QED) is 0.726. The van der Waals surface area contributed by atoms with Gasteiger partial charge in [-0.25, -0.2) is 0 Å². The fourth-order valence-corrected chi connectivity index (χ4v) is 4.25. The summed E-state index contributed by atoms with van der Waals surface area (Å²) >= 11 is 1.73. The molecule has 3 rings (SSSR count). The maximum absolute atomic E-state index is 12.5. The van der Waals surface area contributed by atoms with Crippen molar-refractivity contribution >= 4 is 17.7 Å². The van der Waals surface area contributed by atoms with Crippen molar-refractivity contribution in [1.82, 2.24) is 19.7 Å². The standard InChI is InChI=1S/C16H27N5O2S/c1-3-24-16-18-17-15(19(16)2)13-5-4-6-20(11-13)12-14(22)21-7-9-23-10-8-21/h13H,3-12H2,1-2H3/p+1/t13-/m0/s1. The number of thioether (sulfide) groups is 1. The third kappa shape index (κ3) is 4.10. The molecule has 134 valence electrons. The van der Waals surface area contributed by atoms with Crippen molar-refractivity contribution in [2.45, 2.75) is 30.8 Å². The monoisotopic (exact) mass is 354 g/mol. The molecule has 1 amide bonds. The predicted molar refractivity (Wildman–Crippen MR) is 92.3 cm³/mol. The van der Waals surface area contributed by atoms with Gasteiger partial charge < -0.3 is 19.1 Å². The summed E-state index contributed by atoms with van der Waals surface area (Å²) in [5.74, 6) is 2.73. The van der Waals surface area contributed by atoms with Gasteiger partial charge in [-0.15, -0.1) is 10.2 Å². The third-order valence-electron chi connectivity index (χ3n) is 4.89. The van der Waals surface area contributed by atoms with Gasteiger partial charge in [0.05, 0.1) is 32.2 Å². The molecule has 0 saturated carbocycles. The lowest BCUT2D eigenvalue weighted by molar-refractivity contribution is -0.898. The summed E-state index contributed by atoms with van der Waals surface area (Å²) in [6, 6.07) is 0. The Morgan fingerprint density at radius 3 is 2.92 bits per heavy atom. The lowest BCUT2D eigenvalue weighted by Crippen LogP contribution is -3.14. The van der Waals surface area contributed by atoms with E-state index in [2.05, 4.69) is 28.7 Å². The number of carbonyl (C=O) groups excluding carboxylic acids is 1. The van der Waals surface area contributed by atoms with Crippen LogP contribution in [0.25, 0.3) is 0 Å². The molecule has 2 aliphatic heterocycles. The molecule has 0 bridgehead atoms. The van der Waals surface area contributed by atoms with Gasteiger partial charge in [-0.2, -0.15) is 0 Å². The first kappa shape index (κ1) is 17.7. The molecular formula is C16H28N5O2S+. The number of hydrogen-bond donors (Lipinski definition) is 1. The number of ether oxygens (including phenoxy) is 1. The summed E-state index contributed by atoms with van der Waals surface area (Å²) in [6.45, 7) is 7.56. The highest BCUT2D eigenvalue weighted by Gasteiger charge is 2.31. The molecule has 1 aromatic heterocycles. The average molecular weight is 355 g/mol. The Bertz CT molecular complexity index is 559. The van der Waals surface area contributed by atoms with E-state index >= 15 is 0 Å². The molecule has 0 radical (unpaired) electrons. The summed E-state index contributed by atoms with van der Waals surface area (Å²) in [5.41, 5.74) is 0. The zero-order valence-electron chi connectivity index (χ0n) is 14.7. The molecule has 3 heterocycles. The Morgan fingerprint density at radius 1 is 1.38 bits per heavy atom. The number of aromatic nitrogens is 3. The van der Waals surface area contributed by atoms with E-state index in [0.717, 1.165) is 55.8 Å². The van der Waals surface area contributed by atoms with E-state index in [0.29, 0.717) is 25.7 Å². The highest BCUT2D eigenvalue weighted by atomic mass is 32.2. The Labute approximate surface area is 147 Å². The van der Waals surface area contributed by atoms with Gasteiger partial charge in [0.1, 0.15) is 5.82 Å². The Balaban J connectivity index is 1.59. The molecule has 2 aliphatic rings. The summed E-state index contributed by atoms with van der Waals surface area (Å²) in [7, 11) is 2.06. The predicted octanol–water partition coefficient (Wildman–Crippen LogP) is -0.452. The molecule has 2 saturated heterocycles. The molecule has 24 heavy (non-hydrogen) atoms. The molecule has 1 unspecified atom stereocenters. The van der Waals surface area contributed by atoms with Crippen LogP contribution in [0.5, 0.6) is 0 Å². The zero-order valence-corrected chi connectivity index (χ0v) is 15.5. The molecule has 0 aromatic carbocycles. The smallest absolute Gasteiger partial charge is 0.277 e. The van der Waals surface area contributed by atoms with Crippen LogP contribution in [-0.4, -0.2) is 77.3 Å². The molecule has 1 N–H and O–H groups in total. The first-order valence-electron chi connectivity index (χ1n) is 8.90. The van der Waals surface area contributed by atoms with E-state index in [1.807, 2.05) is 4.90 Å². The van der Waals surface area contributed by atoms with E-state index in [4.69, 9.17) is 4.74 Å². The maximum Gasteiger partial charge on any atom is 0.277 e. The molecule has 8 heteroatoms. The number of nitrogens with zero attached hydrogens (tertiary/aromatic N) is 4. The Hall–Kier alpha value is -1.12. The summed E-state index contributed by atoms with van der Waals surface area (Å²) in [5, 5.41) is 9.74. The van der Waals surface area contributed by atoms with Gasteiger partial charge in [0.25, 0.3) is 5.91 Å². The molecular weight excluding hydrogens is 326 g/mol. The van der Waals surface area contributed by atoms with Crippen molar-refractivity contribution in [1.29, 1.82) is 0 Å². The minimum absolute atomic E-state index is 0.258. The van der Waals surface area contributed by atoms with Crippen LogP contribution in [0.4, 0.5) is 0 Å². The van der Waals surface area contributed by atoms with Gasteiger partial charge >= 0.3 is 0 Å². The van der Waals surface area contributed by atoms with Crippen molar-refractivity contribution in [2.75, 3.05) is 51.7 Å². The fraction of sp³-hybridized carbons (Fsp3) is 0.812. The van der Waals surface area contributed by atoms with E-state index in [1.165, 1.54) is 4.90 Å². The lowest BCUT2D eigenvalue weighted by atomic mass is 9.97. The summed E-state index contributed by atoms with van der Waals surface area (Å²) < 4.78 is 7.46. The highest BCUT2D eigenvalue weighted by Crippen LogP contribution is 2.23. The van der Waals surface area contributed by atoms with Crippen molar-refractivity contribution in [3.05, 3.63) is 5.82 Å². The summed E-state index contributed by atoms with van der Waals surface area (Å²) in [6.07, 6.45) is 2.28. The Morgan fingerprint density at radius 2 is 2.17 bits per heavy atom. The first-order chi connectivity index (χ1) is 11.7. The van der Waals surface area contributed by atoms with Crippen LogP contribution >= 0.6 is 11.8 Å². The van der Waals surface area contributed by atoms with Crippen LogP contribution in [0.2, 0.25) is 0 Å². The van der Waals surface area contributed by atoms with Gasteiger partial charge in [0, 0.05) is 20.1 Å². The number of rotatable bonds is 5. The van der Waals surface area contributed by atoms with E-state index in [9.17, 15) is 4.79 Å². The van der Waals surface area contributed by atoms with Gasteiger partial charge in [0.15, 0.2) is 11.7 Å². The van der Waals surface area contributed by atoms with Crippen molar-refractivity contribution in [3.8, 4) is 0 Å². The van der Waals surface area contributed by atoms with Gasteiger partial charge in [-0.3, -0.25) is 4.79 Å². The number of morpholine rings is 1.